The molecule has 186 valence electrons. The number of benzene rings is 2. The Morgan fingerprint density at radius 1 is 1.03 bits per heavy atom. The Kier molecular flexibility index (Phi) is 9.13. The van der Waals surface area contributed by atoms with Gasteiger partial charge < -0.3 is 9.64 Å². The van der Waals surface area contributed by atoms with Gasteiger partial charge in [-0.15, -0.1) is 0 Å². The molecule has 1 fully saturated rings. The quantitative estimate of drug-likeness (QED) is 0.430. The van der Waals surface area contributed by atoms with E-state index in [1.807, 2.05) is 34.1 Å². The summed E-state index contributed by atoms with van der Waals surface area (Å²) in [6.07, 6.45) is 1.80. The van der Waals surface area contributed by atoms with Crippen LogP contribution >= 0.6 is 0 Å². The molecule has 0 atom stereocenters. The first-order valence-electron chi connectivity index (χ1n) is 11.3. The van der Waals surface area contributed by atoms with Crippen LogP contribution in [0.25, 0.3) is 0 Å². The van der Waals surface area contributed by atoms with Crippen LogP contribution in [0.5, 0.6) is 5.75 Å². The van der Waals surface area contributed by atoms with E-state index in [0.717, 1.165) is 23.8 Å². The molecule has 2 aromatic rings. The van der Waals surface area contributed by atoms with Crippen LogP contribution in [0.4, 0.5) is 5.69 Å². The van der Waals surface area contributed by atoms with Gasteiger partial charge in [-0.2, -0.15) is 0 Å². The predicted molar refractivity (Wildman–Crippen MR) is 128 cm³/mol. The molecule has 0 aliphatic carbocycles. The highest BCUT2D eigenvalue weighted by atomic mass is 16.6. The molecule has 11 heteroatoms. The maximum absolute atomic E-state index is 12.7. The number of ether oxygens (including phenoxy) is 1. The molecule has 0 unspecified atom stereocenters. The number of carbonyl (C=O) groups excluding carboxylic acids is 3. The lowest BCUT2D eigenvalue weighted by Gasteiger charge is -2.22. The Morgan fingerprint density at radius 2 is 1.80 bits per heavy atom. The summed E-state index contributed by atoms with van der Waals surface area (Å²) in [7, 11) is 1.61. The van der Waals surface area contributed by atoms with Crippen molar-refractivity contribution in [3.63, 3.8) is 0 Å². The smallest absolute Gasteiger partial charge is 0.270 e. The molecule has 0 bridgehead atoms. The molecule has 35 heavy (non-hydrogen) atoms. The van der Waals surface area contributed by atoms with Gasteiger partial charge in [-0.1, -0.05) is 18.2 Å². The van der Waals surface area contributed by atoms with Crippen molar-refractivity contribution in [2.24, 2.45) is 0 Å². The fraction of sp³-hybridized carbons (Fsp3) is 0.375. The van der Waals surface area contributed by atoms with Crippen molar-refractivity contribution in [3.8, 4) is 5.75 Å². The molecular formula is C24H29N5O6. The van der Waals surface area contributed by atoms with E-state index >= 15 is 0 Å². The Bertz CT molecular complexity index is 1060. The minimum Gasteiger partial charge on any atom is -0.497 e. The molecule has 1 saturated heterocycles. The SMILES string of the molecule is COc1ccc(CCC(=O)N2CCCN(CC(=O)NNC(=O)c3cccc([N+](=O)[O-])c3)CC2)cc1. The predicted octanol–water partition coefficient (Wildman–Crippen LogP) is 1.53. The minimum absolute atomic E-state index is 0.0586. The summed E-state index contributed by atoms with van der Waals surface area (Å²) in [5.41, 5.74) is 5.54. The number of hydrazine groups is 1. The number of nitro benzene ring substituents is 1. The van der Waals surface area contributed by atoms with Gasteiger partial charge in [0.15, 0.2) is 0 Å². The lowest BCUT2D eigenvalue weighted by atomic mass is 10.1. The van der Waals surface area contributed by atoms with Crippen molar-refractivity contribution < 1.29 is 24.0 Å². The highest BCUT2D eigenvalue weighted by Gasteiger charge is 2.21. The Morgan fingerprint density at radius 3 is 2.51 bits per heavy atom. The summed E-state index contributed by atoms with van der Waals surface area (Å²) in [6.45, 7) is 2.40. The van der Waals surface area contributed by atoms with Gasteiger partial charge in [0, 0.05) is 50.3 Å². The second-order valence-electron chi connectivity index (χ2n) is 8.17. The van der Waals surface area contributed by atoms with E-state index in [1.165, 1.54) is 18.2 Å². The first kappa shape index (κ1) is 25.6. The largest absolute Gasteiger partial charge is 0.497 e. The second-order valence-corrected chi connectivity index (χ2v) is 8.17. The molecular weight excluding hydrogens is 454 g/mol. The molecule has 3 rings (SSSR count). The maximum Gasteiger partial charge on any atom is 0.270 e. The van der Waals surface area contributed by atoms with Crippen LogP contribution in [0, 0.1) is 10.1 Å². The van der Waals surface area contributed by atoms with Gasteiger partial charge in [0.25, 0.3) is 17.5 Å². The number of aryl methyl sites for hydroxylation is 1. The van der Waals surface area contributed by atoms with Gasteiger partial charge in [-0.3, -0.25) is 40.2 Å². The van der Waals surface area contributed by atoms with Gasteiger partial charge in [0.1, 0.15) is 5.75 Å². The van der Waals surface area contributed by atoms with Crippen molar-refractivity contribution >= 4 is 23.4 Å². The molecule has 1 heterocycles. The van der Waals surface area contributed by atoms with Gasteiger partial charge in [-0.05, 0) is 36.6 Å². The average Bonchev–Trinajstić information content (AvgIpc) is 3.11. The molecule has 0 saturated carbocycles. The van der Waals surface area contributed by atoms with Crippen molar-refractivity contribution in [2.75, 3.05) is 39.8 Å². The first-order chi connectivity index (χ1) is 16.9. The minimum atomic E-state index is -0.647. The summed E-state index contributed by atoms with van der Waals surface area (Å²) < 4.78 is 5.15. The van der Waals surface area contributed by atoms with Gasteiger partial charge in [-0.25, -0.2) is 0 Å². The number of rotatable bonds is 8. The molecule has 11 nitrogen and oxygen atoms in total. The highest BCUT2D eigenvalue weighted by Crippen LogP contribution is 2.14. The molecule has 0 aromatic heterocycles. The van der Waals surface area contributed by atoms with Crippen LogP contribution in [0.3, 0.4) is 0 Å². The number of hydrogen-bond donors (Lipinski definition) is 2. The zero-order chi connectivity index (χ0) is 25.2. The Hall–Kier alpha value is -3.99. The maximum atomic E-state index is 12.7. The fourth-order valence-corrected chi connectivity index (χ4v) is 3.78. The topological polar surface area (TPSA) is 134 Å². The van der Waals surface area contributed by atoms with E-state index in [-0.39, 0.29) is 23.7 Å². The van der Waals surface area contributed by atoms with E-state index in [2.05, 4.69) is 10.9 Å². The fourth-order valence-electron chi connectivity index (χ4n) is 3.78. The van der Waals surface area contributed by atoms with E-state index in [4.69, 9.17) is 4.74 Å². The zero-order valence-corrected chi connectivity index (χ0v) is 19.6. The van der Waals surface area contributed by atoms with Crippen molar-refractivity contribution in [2.45, 2.75) is 19.3 Å². The van der Waals surface area contributed by atoms with Gasteiger partial charge >= 0.3 is 0 Å². The number of amides is 3. The third-order valence-electron chi connectivity index (χ3n) is 5.73. The summed E-state index contributed by atoms with van der Waals surface area (Å²) in [5.74, 6) is -0.203. The molecule has 2 N–H and O–H groups in total. The molecule has 2 aromatic carbocycles. The van der Waals surface area contributed by atoms with Crippen molar-refractivity contribution in [1.82, 2.24) is 20.7 Å². The third-order valence-corrected chi connectivity index (χ3v) is 5.73. The monoisotopic (exact) mass is 483 g/mol. The Balaban J connectivity index is 1.40. The number of carbonyl (C=O) groups is 3. The van der Waals surface area contributed by atoms with Crippen molar-refractivity contribution in [3.05, 3.63) is 69.8 Å². The van der Waals surface area contributed by atoms with E-state index < -0.39 is 16.7 Å². The lowest BCUT2D eigenvalue weighted by Crippen LogP contribution is -2.47. The van der Waals surface area contributed by atoms with Crippen LogP contribution < -0.4 is 15.6 Å². The molecule has 0 radical (unpaired) electrons. The van der Waals surface area contributed by atoms with E-state index in [1.54, 1.807) is 7.11 Å². The summed E-state index contributed by atoms with van der Waals surface area (Å²) in [6, 6.07) is 12.9. The van der Waals surface area contributed by atoms with E-state index in [0.29, 0.717) is 39.0 Å². The lowest BCUT2D eigenvalue weighted by molar-refractivity contribution is -0.384. The highest BCUT2D eigenvalue weighted by molar-refractivity contribution is 5.96. The van der Waals surface area contributed by atoms with Gasteiger partial charge in [0.2, 0.25) is 5.91 Å². The van der Waals surface area contributed by atoms with Crippen LogP contribution in [0.2, 0.25) is 0 Å². The number of nitrogens with zero attached hydrogens (tertiary/aromatic N) is 3. The van der Waals surface area contributed by atoms with Crippen LogP contribution in [-0.2, 0) is 16.0 Å². The number of nitro groups is 1. The zero-order valence-electron chi connectivity index (χ0n) is 19.6. The normalized spacial score (nSPS) is 14.0. The van der Waals surface area contributed by atoms with Gasteiger partial charge in [0.05, 0.1) is 18.6 Å². The second kappa shape index (κ2) is 12.5. The Labute approximate surface area is 203 Å². The number of nitrogens with one attached hydrogen (secondary N) is 2. The summed E-state index contributed by atoms with van der Waals surface area (Å²) >= 11 is 0. The first-order valence-corrected chi connectivity index (χ1v) is 11.3. The standard InChI is InChI=1S/C24H29N5O6/c1-35-21-9-6-18(7-10-21)8-11-23(31)28-13-3-12-27(14-15-28)17-22(30)25-26-24(32)19-4-2-5-20(16-19)29(33)34/h2,4-7,9-10,16H,3,8,11-15,17H2,1H3,(H,25,30)(H,26,32). The summed E-state index contributed by atoms with van der Waals surface area (Å²) in [5, 5.41) is 10.8. The average molecular weight is 484 g/mol. The molecule has 3 amide bonds. The number of hydrogen-bond acceptors (Lipinski definition) is 7. The molecule has 1 aliphatic rings. The van der Waals surface area contributed by atoms with Crippen molar-refractivity contribution in [1.29, 1.82) is 0 Å². The van der Waals surface area contributed by atoms with E-state index in [9.17, 15) is 24.5 Å². The van der Waals surface area contributed by atoms with Crippen LogP contribution in [-0.4, -0.2) is 72.3 Å². The summed E-state index contributed by atoms with van der Waals surface area (Å²) in [4.78, 5) is 51.1. The third kappa shape index (κ3) is 7.78. The molecule has 0 spiro atoms. The van der Waals surface area contributed by atoms with Crippen LogP contribution in [0.1, 0.15) is 28.8 Å². The number of methoxy groups -OCH3 is 1. The number of non-ortho nitro benzene ring substituents is 1. The van der Waals surface area contributed by atoms with Crippen LogP contribution in [0.15, 0.2) is 48.5 Å². The molecule has 1 aliphatic heterocycles.